The summed E-state index contributed by atoms with van der Waals surface area (Å²) in [5.41, 5.74) is 1.02. The quantitative estimate of drug-likeness (QED) is 0.789. The molecule has 17 heavy (non-hydrogen) atoms. The summed E-state index contributed by atoms with van der Waals surface area (Å²) >= 11 is 5.95. The van der Waals surface area contributed by atoms with Crippen LogP contribution in [0.2, 0.25) is 5.02 Å². The third-order valence-electron chi connectivity index (χ3n) is 2.66. The molecule has 0 aromatic heterocycles. The molecule has 0 aliphatic heterocycles. The predicted molar refractivity (Wildman–Crippen MR) is 68.6 cm³/mol. The summed E-state index contributed by atoms with van der Waals surface area (Å²) in [4.78, 5) is 0. The fraction of sp³-hybridized carbons (Fsp3) is 0.538. The lowest BCUT2D eigenvalue weighted by Crippen LogP contribution is -2.12. The van der Waals surface area contributed by atoms with Crippen molar-refractivity contribution in [2.45, 2.75) is 19.8 Å². The van der Waals surface area contributed by atoms with Crippen LogP contribution in [0.1, 0.15) is 18.9 Å². The Balaban J connectivity index is 2.70. The van der Waals surface area contributed by atoms with Crippen molar-refractivity contribution in [1.82, 2.24) is 0 Å². The molecule has 0 radical (unpaired) electrons. The van der Waals surface area contributed by atoms with Crippen LogP contribution >= 0.6 is 11.6 Å². The first-order chi connectivity index (χ1) is 8.21. The topological polar surface area (TPSA) is 49.7 Å². The van der Waals surface area contributed by atoms with Crippen LogP contribution in [0.25, 0.3) is 0 Å². The highest BCUT2D eigenvalue weighted by atomic mass is 35.5. The summed E-state index contributed by atoms with van der Waals surface area (Å²) in [6, 6.07) is 5.53. The zero-order valence-electron chi connectivity index (χ0n) is 10.0. The van der Waals surface area contributed by atoms with E-state index in [9.17, 15) is 0 Å². The van der Waals surface area contributed by atoms with Crippen molar-refractivity contribution in [3.05, 3.63) is 28.8 Å². The van der Waals surface area contributed by atoms with Crippen LogP contribution < -0.4 is 4.74 Å². The van der Waals surface area contributed by atoms with Gasteiger partial charge in [0.2, 0.25) is 0 Å². The summed E-state index contributed by atoms with van der Waals surface area (Å²) in [5, 5.41) is 18.7. The molecule has 0 heterocycles. The van der Waals surface area contributed by atoms with Gasteiger partial charge in [-0.1, -0.05) is 11.6 Å². The van der Waals surface area contributed by atoms with Crippen LogP contribution in [-0.2, 0) is 6.42 Å². The van der Waals surface area contributed by atoms with E-state index in [2.05, 4.69) is 0 Å². The largest absolute Gasteiger partial charge is 0.494 e. The highest BCUT2D eigenvalue weighted by Crippen LogP contribution is 2.25. The van der Waals surface area contributed by atoms with Gasteiger partial charge in [0.1, 0.15) is 5.75 Å². The number of aryl methyl sites for hydroxylation is 1. The van der Waals surface area contributed by atoms with Gasteiger partial charge >= 0.3 is 0 Å². The Morgan fingerprint density at radius 1 is 1.29 bits per heavy atom. The van der Waals surface area contributed by atoms with E-state index in [1.807, 2.05) is 19.1 Å². The van der Waals surface area contributed by atoms with Crippen LogP contribution in [0.15, 0.2) is 18.2 Å². The minimum Gasteiger partial charge on any atom is -0.494 e. The molecule has 0 fully saturated rings. The van der Waals surface area contributed by atoms with Crippen LogP contribution in [0.3, 0.4) is 0 Å². The van der Waals surface area contributed by atoms with Crippen molar-refractivity contribution >= 4 is 11.6 Å². The van der Waals surface area contributed by atoms with Crippen LogP contribution in [0, 0.1) is 5.92 Å². The van der Waals surface area contributed by atoms with E-state index in [4.69, 9.17) is 26.6 Å². The lowest BCUT2D eigenvalue weighted by Gasteiger charge is -2.13. The molecule has 0 aliphatic rings. The zero-order valence-corrected chi connectivity index (χ0v) is 10.8. The number of hydrogen-bond donors (Lipinski definition) is 2. The van der Waals surface area contributed by atoms with Gasteiger partial charge in [0.15, 0.2) is 0 Å². The molecule has 96 valence electrons. The maximum absolute atomic E-state index is 9.01. The number of rotatable bonds is 7. The fourth-order valence-corrected chi connectivity index (χ4v) is 1.83. The normalized spacial score (nSPS) is 10.9. The summed E-state index contributed by atoms with van der Waals surface area (Å²) < 4.78 is 5.51. The Bertz CT molecular complexity index is 337. The molecule has 1 aromatic carbocycles. The monoisotopic (exact) mass is 258 g/mol. The van der Waals surface area contributed by atoms with Crippen LogP contribution in [0.4, 0.5) is 0 Å². The van der Waals surface area contributed by atoms with Crippen molar-refractivity contribution in [2.24, 2.45) is 5.92 Å². The van der Waals surface area contributed by atoms with Gasteiger partial charge in [-0.25, -0.2) is 0 Å². The number of aliphatic hydroxyl groups is 2. The molecule has 1 aromatic rings. The molecule has 0 aliphatic carbocycles. The lowest BCUT2D eigenvalue weighted by atomic mass is 10.0. The Hall–Kier alpha value is -0.770. The maximum atomic E-state index is 9.01. The maximum Gasteiger partial charge on any atom is 0.122 e. The molecule has 2 N–H and O–H groups in total. The van der Waals surface area contributed by atoms with E-state index in [1.54, 1.807) is 6.07 Å². The summed E-state index contributed by atoms with van der Waals surface area (Å²) in [7, 11) is 0. The zero-order chi connectivity index (χ0) is 12.7. The van der Waals surface area contributed by atoms with E-state index < -0.39 is 0 Å². The SMILES string of the molecule is CCOc1ccc(Cl)cc1CCC(CO)CO. The second-order valence-corrected chi connectivity index (χ2v) is 4.39. The van der Waals surface area contributed by atoms with Gasteiger partial charge < -0.3 is 14.9 Å². The second kappa shape index (κ2) is 7.54. The highest BCUT2D eigenvalue weighted by Gasteiger charge is 2.09. The summed E-state index contributed by atoms with van der Waals surface area (Å²) in [6.07, 6.45) is 1.45. The Morgan fingerprint density at radius 3 is 2.59 bits per heavy atom. The first kappa shape index (κ1) is 14.3. The molecule has 0 unspecified atom stereocenters. The van der Waals surface area contributed by atoms with Gasteiger partial charge in [-0.15, -0.1) is 0 Å². The number of hydrogen-bond acceptors (Lipinski definition) is 3. The Labute approximate surface area is 107 Å². The molecular formula is C13H19ClO3. The molecule has 0 bridgehead atoms. The molecule has 3 nitrogen and oxygen atoms in total. The number of aliphatic hydroxyl groups excluding tert-OH is 2. The highest BCUT2D eigenvalue weighted by molar-refractivity contribution is 6.30. The Kier molecular flexibility index (Phi) is 6.34. The molecule has 4 heteroatoms. The van der Waals surface area contributed by atoms with E-state index in [0.29, 0.717) is 18.1 Å². The third-order valence-corrected chi connectivity index (χ3v) is 2.90. The van der Waals surface area contributed by atoms with Crippen molar-refractivity contribution in [1.29, 1.82) is 0 Å². The van der Waals surface area contributed by atoms with Crippen molar-refractivity contribution < 1.29 is 14.9 Å². The molecular weight excluding hydrogens is 240 g/mol. The molecule has 0 amide bonds. The number of halogens is 1. The fourth-order valence-electron chi connectivity index (χ4n) is 1.64. The van der Waals surface area contributed by atoms with E-state index >= 15 is 0 Å². The van der Waals surface area contributed by atoms with Gasteiger partial charge in [0.25, 0.3) is 0 Å². The van der Waals surface area contributed by atoms with Crippen molar-refractivity contribution in [3.8, 4) is 5.75 Å². The van der Waals surface area contributed by atoms with Crippen molar-refractivity contribution in [3.63, 3.8) is 0 Å². The summed E-state index contributed by atoms with van der Waals surface area (Å²) in [5.74, 6) is 0.745. The third kappa shape index (κ3) is 4.54. The lowest BCUT2D eigenvalue weighted by molar-refractivity contribution is 0.144. The first-order valence-electron chi connectivity index (χ1n) is 5.84. The average Bonchev–Trinajstić information content (AvgIpc) is 2.34. The van der Waals surface area contributed by atoms with Crippen LogP contribution in [-0.4, -0.2) is 30.0 Å². The van der Waals surface area contributed by atoms with Gasteiger partial charge in [-0.2, -0.15) is 0 Å². The molecule has 0 spiro atoms. The van der Waals surface area contributed by atoms with Gasteiger partial charge in [0.05, 0.1) is 6.61 Å². The van der Waals surface area contributed by atoms with E-state index in [1.165, 1.54) is 0 Å². The average molecular weight is 259 g/mol. The van der Waals surface area contributed by atoms with E-state index in [-0.39, 0.29) is 19.1 Å². The smallest absolute Gasteiger partial charge is 0.122 e. The molecule has 0 saturated heterocycles. The predicted octanol–water partition coefficient (Wildman–Crippen LogP) is 2.27. The number of benzene rings is 1. The van der Waals surface area contributed by atoms with Gasteiger partial charge in [0, 0.05) is 24.2 Å². The van der Waals surface area contributed by atoms with Crippen LogP contribution in [0.5, 0.6) is 5.75 Å². The standard InChI is InChI=1S/C13H19ClO3/c1-2-17-13-6-5-12(14)7-11(13)4-3-10(8-15)9-16/h5-7,10,15-16H,2-4,8-9H2,1H3. The minimum atomic E-state index is -0.0801. The first-order valence-corrected chi connectivity index (χ1v) is 6.22. The number of ether oxygens (including phenoxy) is 1. The van der Waals surface area contributed by atoms with Gasteiger partial charge in [-0.3, -0.25) is 0 Å². The molecule has 0 saturated carbocycles. The minimum absolute atomic E-state index is 0.00103. The Morgan fingerprint density at radius 2 is 2.00 bits per heavy atom. The van der Waals surface area contributed by atoms with Gasteiger partial charge in [-0.05, 0) is 43.5 Å². The van der Waals surface area contributed by atoms with E-state index in [0.717, 1.165) is 17.7 Å². The summed E-state index contributed by atoms with van der Waals surface area (Å²) in [6.45, 7) is 2.54. The molecule has 0 atom stereocenters. The second-order valence-electron chi connectivity index (χ2n) is 3.95. The molecule has 1 rings (SSSR count). The van der Waals surface area contributed by atoms with Crippen molar-refractivity contribution in [2.75, 3.05) is 19.8 Å².